The van der Waals surface area contributed by atoms with Gasteiger partial charge in [-0.2, -0.15) is 9.78 Å². The van der Waals surface area contributed by atoms with Gasteiger partial charge >= 0.3 is 5.69 Å². The van der Waals surface area contributed by atoms with Gasteiger partial charge in [-0.05, 0) is 49.1 Å². The Balaban J connectivity index is 1.79. The zero-order valence-electron chi connectivity index (χ0n) is 17.6. The topological polar surface area (TPSA) is 95.2 Å². The van der Waals surface area contributed by atoms with Crippen LogP contribution in [0.5, 0.6) is 0 Å². The molecule has 2 heterocycles. The number of halogens is 1. The highest BCUT2D eigenvalue weighted by atomic mass is 35.5. The van der Waals surface area contributed by atoms with Crippen LogP contribution < -0.4 is 16.6 Å². The first-order valence-electron chi connectivity index (χ1n) is 10.4. The van der Waals surface area contributed by atoms with Crippen LogP contribution in [-0.2, 0) is 11.3 Å². The van der Waals surface area contributed by atoms with Crippen molar-refractivity contribution in [3.63, 3.8) is 0 Å². The number of rotatable bonds is 6. The maximum absolute atomic E-state index is 13.2. The number of nitrogens with zero attached hydrogens (tertiary/aromatic N) is 3. The second kappa shape index (κ2) is 9.50. The third-order valence-electron chi connectivity index (χ3n) is 5.32. The minimum Gasteiger partial charge on any atom is -0.376 e. The monoisotopic (exact) mass is 454 g/mol. The van der Waals surface area contributed by atoms with E-state index in [1.807, 2.05) is 13.0 Å². The minimum atomic E-state index is -0.774. The first-order chi connectivity index (χ1) is 15.4. The van der Waals surface area contributed by atoms with Gasteiger partial charge in [-0.15, -0.1) is 0 Å². The summed E-state index contributed by atoms with van der Waals surface area (Å²) in [6.45, 7) is 2.72. The average Bonchev–Trinajstić information content (AvgIpc) is 3.30. The van der Waals surface area contributed by atoms with Gasteiger partial charge in [0.2, 0.25) is 5.69 Å². The molecule has 1 atom stereocenters. The lowest BCUT2D eigenvalue weighted by atomic mass is 10.2. The molecular formula is C23H23ClN4O4. The molecule has 3 aromatic rings. The Morgan fingerprint density at radius 2 is 2.03 bits per heavy atom. The Hall–Kier alpha value is -3.23. The lowest BCUT2D eigenvalue weighted by Crippen LogP contribution is -2.46. The van der Waals surface area contributed by atoms with Crippen molar-refractivity contribution in [3.05, 3.63) is 91.2 Å². The van der Waals surface area contributed by atoms with Crippen molar-refractivity contribution in [3.8, 4) is 5.69 Å². The number of aryl methyl sites for hydroxylation is 1. The molecule has 0 radical (unpaired) electrons. The van der Waals surface area contributed by atoms with Gasteiger partial charge in [-0.3, -0.25) is 14.2 Å². The van der Waals surface area contributed by atoms with Crippen molar-refractivity contribution >= 4 is 17.5 Å². The van der Waals surface area contributed by atoms with Crippen molar-refractivity contribution in [2.24, 2.45) is 0 Å². The smallest absolute Gasteiger partial charge is 0.352 e. The van der Waals surface area contributed by atoms with E-state index in [2.05, 4.69) is 10.4 Å². The summed E-state index contributed by atoms with van der Waals surface area (Å²) in [5, 5.41) is 7.27. The number of nitrogens with one attached hydrogen (secondary N) is 1. The van der Waals surface area contributed by atoms with Crippen LogP contribution in [0.4, 0.5) is 0 Å². The summed E-state index contributed by atoms with van der Waals surface area (Å²) in [5.41, 5.74) is 0.151. The molecule has 1 amide bonds. The Morgan fingerprint density at radius 3 is 2.75 bits per heavy atom. The number of hydrogen-bond donors (Lipinski definition) is 1. The van der Waals surface area contributed by atoms with E-state index in [-0.39, 0.29) is 24.9 Å². The Kier molecular flexibility index (Phi) is 6.53. The molecule has 1 N–H and O–H groups in total. The van der Waals surface area contributed by atoms with E-state index in [1.54, 1.807) is 42.5 Å². The summed E-state index contributed by atoms with van der Waals surface area (Å²) in [6.07, 6.45) is 1.68. The van der Waals surface area contributed by atoms with Gasteiger partial charge in [-0.25, -0.2) is 4.79 Å². The highest BCUT2D eigenvalue weighted by Crippen LogP contribution is 2.15. The van der Waals surface area contributed by atoms with E-state index in [1.165, 1.54) is 0 Å². The normalized spacial score (nSPS) is 15.6. The van der Waals surface area contributed by atoms with Crippen LogP contribution in [0.15, 0.2) is 58.1 Å². The fourth-order valence-corrected chi connectivity index (χ4v) is 3.81. The molecule has 166 valence electrons. The molecular weight excluding hydrogens is 432 g/mol. The van der Waals surface area contributed by atoms with Crippen LogP contribution in [0.25, 0.3) is 5.69 Å². The summed E-state index contributed by atoms with van der Waals surface area (Å²) >= 11 is 6.25. The third-order valence-corrected chi connectivity index (χ3v) is 5.69. The van der Waals surface area contributed by atoms with Crippen LogP contribution in [0.2, 0.25) is 5.02 Å². The number of carbonyl (C=O) groups excluding carboxylic acids is 1. The molecule has 4 rings (SSSR count). The number of benzene rings is 2. The van der Waals surface area contributed by atoms with E-state index in [0.717, 1.165) is 27.7 Å². The van der Waals surface area contributed by atoms with Gasteiger partial charge in [0.05, 0.1) is 18.3 Å². The van der Waals surface area contributed by atoms with Crippen LogP contribution in [0, 0.1) is 6.92 Å². The van der Waals surface area contributed by atoms with Crippen LogP contribution in [0.3, 0.4) is 0 Å². The third kappa shape index (κ3) is 4.66. The first kappa shape index (κ1) is 22.0. The highest BCUT2D eigenvalue weighted by molar-refractivity contribution is 6.31. The second-order valence-electron chi connectivity index (χ2n) is 7.71. The zero-order valence-corrected chi connectivity index (χ0v) is 18.3. The van der Waals surface area contributed by atoms with Crippen molar-refractivity contribution in [2.75, 3.05) is 13.2 Å². The number of aromatic nitrogens is 3. The van der Waals surface area contributed by atoms with Gasteiger partial charge in [0.1, 0.15) is 0 Å². The second-order valence-corrected chi connectivity index (χ2v) is 8.12. The van der Waals surface area contributed by atoms with E-state index in [0.29, 0.717) is 22.9 Å². The van der Waals surface area contributed by atoms with E-state index < -0.39 is 17.2 Å². The minimum absolute atomic E-state index is 0.0856. The summed E-state index contributed by atoms with van der Waals surface area (Å²) in [5.74, 6) is -0.653. The number of ether oxygens (including phenoxy) is 1. The van der Waals surface area contributed by atoms with Crippen LogP contribution in [-0.4, -0.2) is 39.5 Å². The maximum atomic E-state index is 13.2. The quantitative estimate of drug-likeness (QED) is 0.616. The first-order valence-corrected chi connectivity index (χ1v) is 10.8. The largest absolute Gasteiger partial charge is 0.376 e. The molecule has 0 bridgehead atoms. The zero-order chi connectivity index (χ0) is 22.7. The molecule has 1 saturated heterocycles. The van der Waals surface area contributed by atoms with Crippen molar-refractivity contribution in [1.82, 2.24) is 19.7 Å². The van der Waals surface area contributed by atoms with Crippen LogP contribution >= 0.6 is 11.6 Å². The summed E-state index contributed by atoms with van der Waals surface area (Å²) in [6, 6.07) is 14.0. The number of carbonyl (C=O) groups is 1. The standard InChI is InChI=1S/C23H23ClN4O4/c1-15-6-4-8-17(12-15)28-23(31)27(14-16-7-2-3-10-19(16)24)22(30)20(26-28)21(29)25-13-18-9-5-11-32-18/h2-4,6-8,10,12,18H,5,9,11,13-14H2,1H3,(H,25,29)/t18-/m1/s1. The lowest BCUT2D eigenvalue weighted by Gasteiger charge is -2.14. The fourth-order valence-electron chi connectivity index (χ4n) is 3.62. The molecule has 0 spiro atoms. The Bertz CT molecular complexity index is 1260. The van der Waals surface area contributed by atoms with Crippen molar-refractivity contribution in [2.45, 2.75) is 32.4 Å². The maximum Gasteiger partial charge on any atom is 0.352 e. The van der Waals surface area contributed by atoms with E-state index >= 15 is 0 Å². The van der Waals surface area contributed by atoms with Crippen molar-refractivity contribution < 1.29 is 9.53 Å². The molecule has 9 heteroatoms. The molecule has 1 fully saturated rings. The summed E-state index contributed by atoms with van der Waals surface area (Å²) in [4.78, 5) is 39.2. The molecule has 0 aliphatic carbocycles. The average molecular weight is 455 g/mol. The van der Waals surface area contributed by atoms with Crippen LogP contribution in [0.1, 0.15) is 34.5 Å². The molecule has 8 nitrogen and oxygen atoms in total. The molecule has 2 aromatic carbocycles. The molecule has 0 unspecified atom stereocenters. The van der Waals surface area contributed by atoms with Gasteiger partial charge in [0, 0.05) is 18.2 Å². The lowest BCUT2D eigenvalue weighted by molar-refractivity contribution is 0.0849. The Morgan fingerprint density at radius 1 is 1.22 bits per heavy atom. The SMILES string of the molecule is Cc1cccc(-n2nc(C(=O)NC[C@H]3CCCO3)c(=O)n(Cc3ccccc3Cl)c2=O)c1. The van der Waals surface area contributed by atoms with Gasteiger partial charge in [0.15, 0.2) is 0 Å². The Labute approximate surface area is 189 Å². The van der Waals surface area contributed by atoms with Gasteiger partial charge < -0.3 is 10.1 Å². The predicted octanol–water partition coefficient (Wildman–Crippen LogP) is 2.31. The predicted molar refractivity (Wildman–Crippen MR) is 121 cm³/mol. The van der Waals surface area contributed by atoms with E-state index in [9.17, 15) is 14.4 Å². The van der Waals surface area contributed by atoms with E-state index in [4.69, 9.17) is 16.3 Å². The van der Waals surface area contributed by atoms with Crippen molar-refractivity contribution in [1.29, 1.82) is 0 Å². The molecule has 0 saturated carbocycles. The fraction of sp³-hybridized carbons (Fsp3) is 0.304. The highest BCUT2D eigenvalue weighted by Gasteiger charge is 2.23. The molecule has 1 aliphatic rings. The van der Waals surface area contributed by atoms with Gasteiger partial charge in [0.25, 0.3) is 11.5 Å². The van der Waals surface area contributed by atoms with Gasteiger partial charge in [-0.1, -0.05) is 41.9 Å². The summed E-state index contributed by atoms with van der Waals surface area (Å²) in [7, 11) is 0. The number of amides is 1. The molecule has 32 heavy (non-hydrogen) atoms. The summed E-state index contributed by atoms with van der Waals surface area (Å²) < 4.78 is 7.58. The molecule has 1 aliphatic heterocycles. The molecule has 1 aromatic heterocycles. The number of hydrogen-bond acceptors (Lipinski definition) is 5.